The molecule has 0 radical (unpaired) electrons. The zero-order chi connectivity index (χ0) is 15.1. The number of carbonyl (C=O) groups is 1. The molecule has 0 atom stereocenters. The van der Waals surface area contributed by atoms with E-state index in [0.29, 0.717) is 11.5 Å². The highest BCUT2D eigenvalue weighted by Gasteiger charge is 2.17. The molecule has 5 heteroatoms. The lowest BCUT2D eigenvalue weighted by Gasteiger charge is -2.27. The number of hydrogen-bond acceptors (Lipinski definition) is 4. The lowest BCUT2D eigenvalue weighted by Crippen LogP contribution is -2.47. The summed E-state index contributed by atoms with van der Waals surface area (Å²) in [6.07, 6.45) is 3.95. The summed E-state index contributed by atoms with van der Waals surface area (Å²) >= 11 is 0. The number of hydrogen-bond donors (Lipinski definition) is 1. The quantitative estimate of drug-likeness (QED) is 0.893. The van der Waals surface area contributed by atoms with Gasteiger partial charge in [-0.3, -0.25) is 4.79 Å². The minimum absolute atomic E-state index is 0.0103. The van der Waals surface area contributed by atoms with Crippen LogP contribution in [0.5, 0.6) is 11.5 Å². The minimum Gasteiger partial charge on any atom is -0.493 e. The van der Waals surface area contributed by atoms with E-state index in [-0.39, 0.29) is 12.5 Å². The summed E-state index contributed by atoms with van der Waals surface area (Å²) in [5.74, 6) is 1.24. The standard InChI is InChI=1S/C16H22N2O3/c1-3-4-13-5-6-14(15(11-13)20-2)21-12-16(19)18-9-7-17-8-10-18/h3-6,11,17H,7-10,12H2,1-2H3/b4-3+. The molecule has 114 valence electrons. The highest BCUT2D eigenvalue weighted by molar-refractivity contribution is 5.78. The third-order valence-electron chi connectivity index (χ3n) is 3.37. The van der Waals surface area contributed by atoms with Crippen LogP contribution < -0.4 is 14.8 Å². The maximum atomic E-state index is 12.1. The first-order valence-corrected chi connectivity index (χ1v) is 7.16. The van der Waals surface area contributed by atoms with E-state index in [9.17, 15) is 4.79 Å². The lowest BCUT2D eigenvalue weighted by molar-refractivity contribution is -0.133. The molecule has 1 aliphatic heterocycles. The molecule has 0 saturated carbocycles. The van der Waals surface area contributed by atoms with Crippen molar-refractivity contribution in [1.29, 1.82) is 0 Å². The van der Waals surface area contributed by atoms with Gasteiger partial charge in [-0.1, -0.05) is 18.2 Å². The number of allylic oxidation sites excluding steroid dienone is 1. The molecule has 1 fully saturated rings. The van der Waals surface area contributed by atoms with Crippen LogP contribution in [0.3, 0.4) is 0 Å². The van der Waals surface area contributed by atoms with Gasteiger partial charge in [0, 0.05) is 26.2 Å². The second kappa shape index (κ2) is 7.69. The fourth-order valence-corrected chi connectivity index (χ4v) is 2.24. The van der Waals surface area contributed by atoms with Crippen LogP contribution in [0, 0.1) is 0 Å². The van der Waals surface area contributed by atoms with Crippen LogP contribution in [0.1, 0.15) is 12.5 Å². The average Bonchev–Trinajstić information content (AvgIpc) is 2.54. The number of nitrogens with zero attached hydrogens (tertiary/aromatic N) is 1. The zero-order valence-electron chi connectivity index (χ0n) is 12.6. The number of amides is 1. The Morgan fingerprint density at radius 3 is 2.76 bits per heavy atom. The molecule has 0 aliphatic carbocycles. The molecular formula is C16H22N2O3. The van der Waals surface area contributed by atoms with Crippen molar-refractivity contribution in [3.8, 4) is 11.5 Å². The van der Waals surface area contributed by atoms with Crippen molar-refractivity contribution >= 4 is 12.0 Å². The van der Waals surface area contributed by atoms with Crippen molar-refractivity contribution in [1.82, 2.24) is 10.2 Å². The predicted octanol–water partition coefficient (Wildman–Crippen LogP) is 1.54. The fourth-order valence-electron chi connectivity index (χ4n) is 2.24. The van der Waals surface area contributed by atoms with Crippen molar-refractivity contribution in [2.75, 3.05) is 39.9 Å². The van der Waals surface area contributed by atoms with Crippen LogP contribution in [0.2, 0.25) is 0 Å². The monoisotopic (exact) mass is 290 g/mol. The van der Waals surface area contributed by atoms with E-state index in [1.807, 2.05) is 42.2 Å². The summed E-state index contributed by atoms with van der Waals surface area (Å²) in [6.45, 7) is 5.15. The summed E-state index contributed by atoms with van der Waals surface area (Å²) in [5, 5.41) is 3.22. The molecule has 1 aliphatic rings. The second-order valence-corrected chi connectivity index (χ2v) is 4.83. The largest absolute Gasteiger partial charge is 0.493 e. The third kappa shape index (κ3) is 4.23. The molecule has 1 amide bonds. The summed E-state index contributed by atoms with van der Waals surface area (Å²) in [4.78, 5) is 13.9. The molecular weight excluding hydrogens is 268 g/mol. The van der Waals surface area contributed by atoms with E-state index in [1.54, 1.807) is 7.11 Å². The van der Waals surface area contributed by atoms with Gasteiger partial charge in [-0.2, -0.15) is 0 Å². The second-order valence-electron chi connectivity index (χ2n) is 4.83. The van der Waals surface area contributed by atoms with Gasteiger partial charge in [0.05, 0.1) is 7.11 Å². The third-order valence-corrected chi connectivity index (χ3v) is 3.37. The molecule has 0 unspecified atom stereocenters. The van der Waals surface area contributed by atoms with Gasteiger partial charge in [0.1, 0.15) is 0 Å². The van der Waals surface area contributed by atoms with Gasteiger partial charge in [0.25, 0.3) is 5.91 Å². The molecule has 1 aromatic rings. The predicted molar refractivity (Wildman–Crippen MR) is 82.6 cm³/mol. The molecule has 1 N–H and O–H groups in total. The Morgan fingerprint density at radius 2 is 2.10 bits per heavy atom. The lowest BCUT2D eigenvalue weighted by atomic mass is 10.2. The molecule has 0 spiro atoms. The molecule has 0 aromatic heterocycles. The van der Waals surface area contributed by atoms with Gasteiger partial charge in [-0.05, 0) is 24.6 Å². The Balaban J connectivity index is 1.97. The molecule has 5 nitrogen and oxygen atoms in total. The summed E-state index contributed by atoms with van der Waals surface area (Å²) in [5.41, 5.74) is 1.04. The number of piperazine rings is 1. The summed E-state index contributed by atoms with van der Waals surface area (Å²) < 4.78 is 10.9. The Kier molecular flexibility index (Phi) is 5.63. The smallest absolute Gasteiger partial charge is 0.260 e. The number of methoxy groups -OCH3 is 1. The first kappa shape index (κ1) is 15.4. The molecule has 1 saturated heterocycles. The Morgan fingerprint density at radius 1 is 1.33 bits per heavy atom. The van der Waals surface area contributed by atoms with E-state index >= 15 is 0 Å². The number of rotatable bonds is 5. The average molecular weight is 290 g/mol. The normalized spacial score (nSPS) is 15.2. The van der Waals surface area contributed by atoms with Crippen molar-refractivity contribution in [3.63, 3.8) is 0 Å². The van der Waals surface area contributed by atoms with E-state index in [1.165, 1.54) is 0 Å². The topological polar surface area (TPSA) is 50.8 Å². The van der Waals surface area contributed by atoms with Gasteiger partial charge < -0.3 is 19.7 Å². The number of carbonyl (C=O) groups excluding carboxylic acids is 1. The highest BCUT2D eigenvalue weighted by atomic mass is 16.5. The Bertz CT molecular complexity index is 508. The molecule has 21 heavy (non-hydrogen) atoms. The van der Waals surface area contributed by atoms with Crippen LogP contribution in [0.25, 0.3) is 6.08 Å². The number of benzene rings is 1. The van der Waals surface area contributed by atoms with Gasteiger partial charge in [-0.15, -0.1) is 0 Å². The van der Waals surface area contributed by atoms with Crippen LogP contribution >= 0.6 is 0 Å². The van der Waals surface area contributed by atoms with Gasteiger partial charge in [0.15, 0.2) is 18.1 Å². The molecule has 1 aromatic carbocycles. The van der Waals surface area contributed by atoms with Gasteiger partial charge in [0.2, 0.25) is 0 Å². The van der Waals surface area contributed by atoms with Crippen molar-refractivity contribution in [3.05, 3.63) is 29.8 Å². The van der Waals surface area contributed by atoms with Crippen molar-refractivity contribution in [2.45, 2.75) is 6.92 Å². The maximum Gasteiger partial charge on any atom is 0.260 e. The van der Waals surface area contributed by atoms with Gasteiger partial charge in [-0.25, -0.2) is 0 Å². The Labute approximate surface area is 125 Å². The van der Waals surface area contributed by atoms with Crippen molar-refractivity contribution in [2.24, 2.45) is 0 Å². The van der Waals surface area contributed by atoms with Crippen LogP contribution in [-0.2, 0) is 4.79 Å². The maximum absolute atomic E-state index is 12.1. The number of nitrogens with one attached hydrogen (secondary N) is 1. The zero-order valence-corrected chi connectivity index (χ0v) is 12.6. The highest BCUT2D eigenvalue weighted by Crippen LogP contribution is 2.28. The van der Waals surface area contributed by atoms with Gasteiger partial charge >= 0.3 is 0 Å². The Hall–Kier alpha value is -2.01. The van der Waals surface area contributed by atoms with E-state index in [4.69, 9.17) is 9.47 Å². The van der Waals surface area contributed by atoms with Crippen molar-refractivity contribution < 1.29 is 14.3 Å². The first-order valence-electron chi connectivity index (χ1n) is 7.16. The first-order chi connectivity index (χ1) is 10.2. The van der Waals surface area contributed by atoms with E-state index < -0.39 is 0 Å². The van der Waals surface area contributed by atoms with Crippen LogP contribution in [-0.4, -0.2) is 50.7 Å². The molecule has 0 bridgehead atoms. The van der Waals surface area contributed by atoms with Crippen LogP contribution in [0.4, 0.5) is 0 Å². The van der Waals surface area contributed by atoms with E-state index in [0.717, 1.165) is 31.7 Å². The van der Waals surface area contributed by atoms with Crippen LogP contribution in [0.15, 0.2) is 24.3 Å². The minimum atomic E-state index is 0.0103. The SMILES string of the molecule is C/C=C/c1ccc(OCC(=O)N2CCNCC2)c(OC)c1. The fraction of sp³-hybridized carbons (Fsp3) is 0.438. The number of ether oxygens (including phenoxy) is 2. The van der Waals surface area contributed by atoms with E-state index in [2.05, 4.69) is 5.32 Å². The molecule has 1 heterocycles. The molecule has 2 rings (SSSR count). The summed E-state index contributed by atoms with van der Waals surface area (Å²) in [6, 6.07) is 5.66. The summed E-state index contributed by atoms with van der Waals surface area (Å²) in [7, 11) is 1.60.